The summed E-state index contributed by atoms with van der Waals surface area (Å²) in [6.45, 7) is -0.338. The molecule has 96 valence electrons. The molecule has 0 unspecified atom stereocenters. The molecule has 7 heteroatoms. The van der Waals surface area contributed by atoms with Crippen molar-refractivity contribution in [1.82, 2.24) is 0 Å². The van der Waals surface area contributed by atoms with Crippen molar-refractivity contribution >= 4 is 11.6 Å². The van der Waals surface area contributed by atoms with Crippen molar-refractivity contribution in [2.45, 2.75) is 6.18 Å². The molecule has 18 heavy (non-hydrogen) atoms. The molecule has 0 aliphatic heterocycles. The van der Waals surface area contributed by atoms with E-state index >= 15 is 0 Å². The number of nitriles is 1. The number of amides is 1. The summed E-state index contributed by atoms with van der Waals surface area (Å²) in [6.07, 6.45) is -4.60. The molecule has 1 rings (SSSR count). The van der Waals surface area contributed by atoms with Gasteiger partial charge in [-0.25, -0.2) is 0 Å². The standard InChI is InChI=1S/C11H10F3N3O/c1-17(6-10(16)18)9-3-2-7(5-15)4-8(9)11(12,13)14/h2-4H,6H2,1H3,(H2,16,18). The summed E-state index contributed by atoms with van der Waals surface area (Å²) in [5.41, 5.74) is 3.67. The molecule has 2 N–H and O–H groups in total. The third-order valence-electron chi connectivity index (χ3n) is 2.24. The maximum absolute atomic E-state index is 12.8. The number of alkyl halides is 3. The van der Waals surface area contributed by atoms with Gasteiger partial charge in [0.15, 0.2) is 0 Å². The predicted molar refractivity (Wildman–Crippen MR) is 58.6 cm³/mol. The van der Waals surface area contributed by atoms with Gasteiger partial charge >= 0.3 is 6.18 Å². The van der Waals surface area contributed by atoms with Crippen molar-refractivity contribution in [3.8, 4) is 6.07 Å². The molecular weight excluding hydrogens is 247 g/mol. The van der Waals surface area contributed by atoms with E-state index in [0.29, 0.717) is 0 Å². The van der Waals surface area contributed by atoms with Gasteiger partial charge in [0.05, 0.1) is 23.7 Å². The Morgan fingerprint density at radius 1 is 1.50 bits per heavy atom. The number of nitrogens with zero attached hydrogens (tertiary/aromatic N) is 2. The van der Waals surface area contributed by atoms with Crippen molar-refractivity contribution in [3.05, 3.63) is 29.3 Å². The van der Waals surface area contributed by atoms with Crippen LogP contribution in [0.25, 0.3) is 0 Å². The van der Waals surface area contributed by atoms with E-state index in [-0.39, 0.29) is 17.8 Å². The Labute approximate surface area is 101 Å². The summed E-state index contributed by atoms with van der Waals surface area (Å²) in [4.78, 5) is 11.8. The van der Waals surface area contributed by atoms with Crippen molar-refractivity contribution in [3.63, 3.8) is 0 Å². The Morgan fingerprint density at radius 2 is 2.11 bits per heavy atom. The van der Waals surface area contributed by atoms with E-state index in [9.17, 15) is 18.0 Å². The summed E-state index contributed by atoms with van der Waals surface area (Å²) in [7, 11) is 1.32. The van der Waals surface area contributed by atoms with Gasteiger partial charge in [-0.3, -0.25) is 4.79 Å². The highest BCUT2D eigenvalue weighted by atomic mass is 19.4. The minimum absolute atomic E-state index is 0.0986. The van der Waals surface area contributed by atoms with Crippen LogP contribution in [0.1, 0.15) is 11.1 Å². The summed E-state index contributed by atoms with van der Waals surface area (Å²) in [5.74, 6) is -0.741. The van der Waals surface area contributed by atoms with Crippen LogP contribution in [0.4, 0.5) is 18.9 Å². The molecule has 1 amide bonds. The number of anilines is 1. The lowest BCUT2D eigenvalue weighted by Gasteiger charge is -2.22. The van der Waals surface area contributed by atoms with Gasteiger partial charge in [0.2, 0.25) is 5.91 Å². The third-order valence-corrected chi connectivity index (χ3v) is 2.24. The molecule has 0 saturated heterocycles. The number of rotatable bonds is 3. The van der Waals surface area contributed by atoms with E-state index in [1.165, 1.54) is 13.1 Å². The van der Waals surface area contributed by atoms with Crippen molar-refractivity contribution in [2.24, 2.45) is 5.73 Å². The van der Waals surface area contributed by atoms with Crippen molar-refractivity contribution in [2.75, 3.05) is 18.5 Å². The predicted octanol–water partition coefficient (Wildman–Crippen LogP) is 1.50. The zero-order valence-electron chi connectivity index (χ0n) is 9.45. The number of nitrogens with two attached hydrogens (primary N) is 1. The van der Waals surface area contributed by atoms with E-state index in [1.54, 1.807) is 6.07 Å². The Bertz CT molecular complexity index is 505. The molecule has 0 spiro atoms. The van der Waals surface area contributed by atoms with Crippen LogP contribution in [-0.4, -0.2) is 19.5 Å². The number of likely N-dealkylation sites (N-methyl/N-ethyl adjacent to an activating group) is 1. The monoisotopic (exact) mass is 257 g/mol. The van der Waals surface area contributed by atoms with E-state index in [4.69, 9.17) is 11.0 Å². The van der Waals surface area contributed by atoms with Crippen LogP contribution < -0.4 is 10.6 Å². The summed E-state index contributed by atoms with van der Waals surface area (Å²) < 4.78 is 38.4. The van der Waals surface area contributed by atoms with Gasteiger partial charge < -0.3 is 10.6 Å². The highest BCUT2D eigenvalue weighted by Gasteiger charge is 2.34. The molecule has 0 aliphatic carbocycles. The second-order valence-corrected chi connectivity index (χ2v) is 3.66. The van der Waals surface area contributed by atoms with Crippen molar-refractivity contribution in [1.29, 1.82) is 5.26 Å². The minimum Gasteiger partial charge on any atom is -0.368 e. The lowest BCUT2D eigenvalue weighted by atomic mass is 10.1. The van der Waals surface area contributed by atoms with Gasteiger partial charge in [-0.2, -0.15) is 18.4 Å². The van der Waals surface area contributed by atoms with Gasteiger partial charge in [0.25, 0.3) is 0 Å². The molecule has 0 bridgehead atoms. The average molecular weight is 257 g/mol. The molecule has 0 aliphatic rings. The maximum Gasteiger partial charge on any atom is 0.418 e. The molecule has 0 saturated carbocycles. The van der Waals surface area contributed by atoms with Gasteiger partial charge in [-0.05, 0) is 18.2 Å². The average Bonchev–Trinajstić information content (AvgIpc) is 2.26. The second kappa shape index (κ2) is 4.96. The number of carbonyl (C=O) groups is 1. The number of carbonyl (C=O) groups excluding carboxylic acids is 1. The van der Waals surface area contributed by atoms with Gasteiger partial charge in [0, 0.05) is 12.7 Å². The molecule has 1 aromatic rings. The summed E-state index contributed by atoms with van der Waals surface area (Å²) >= 11 is 0. The number of halogens is 3. The van der Waals surface area contributed by atoms with Crippen LogP contribution in [0.2, 0.25) is 0 Å². The fourth-order valence-electron chi connectivity index (χ4n) is 1.48. The second-order valence-electron chi connectivity index (χ2n) is 3.66. The lowest BCUT2D eigenvalue weighted by molar-refractivity contribution is -0.137. The highest BCUT2D eigenvalue weighted by Crippen LogP contribution is 2.36. The molecule has 0 atom stereocenters. The Hall–Kier alpha value is -2.23. The van der Waals surface area contributed by atoms with Crippen LogP contribution in [0.15, 0.2) is 18.2 Å². The first-order valence-electron chi connectivity index (χ1n) is 4.86. The largest absolute Gasteiger partial charge is 0.418 e. The number of benzene rings is 1. The zero-order valence-corrected chi connectivity index (χ0v) is 9.45. The highest BCUT2D eigenvalue weighted by molar-refractivity contribution is 5.80. The van der Waals surface area contributed by atoms with Crippen LogP contribution >= 0.6 is 0 Å². The minimum atomic E-state index is -4.60. The Balaban J connectivity index is 3.27. The van der Waals surface area contributed by atoms with Crippen LogP contribution in [0.3, 0.4) is 0 Å². The summed E-state index contributed by atoms with van der Waals surface area (Å²) in [5, 5.41) is 8.60. The Kier molecular flexibility index (Phi) is 3.81. The van der Waals surface area contributed by atoms with Crippen molar-refractivity contribution < 1.29 is 18.0 Å². The third kappa shape index (κ3) is 3.13. The van der Waals surface area contributed by atoms with Crippen LogP contribution in [0, 0.1) is 11.3 Å². The van der Waals surface area contributed by atoms with E-state index in [0.717, 1.165) is 17.0 Å². The molecule has 0 fully saturated rings. The molecule has 0 heterocycles. The summed E-state index contributed by atoms with van der Waals surface area (Å²) in [6, 6.07) is 4.77. The molecule has 0 aromatic heterocycles. The van der Waals surface area contributed by atoms with Gasteiger partial charge in [-0.15, -0.1) is 0 Å². The lowest BCUT2D eigenvalue weighted by Crippen LogP contribution is -2.31. The number of hydrogen-bond acceptors (Lipinski definition) is 3. The molecule has 4 nitrogen and oxygen atoms in total. The topological polar surface area (TPSA) is 70.1 Å². The first kappa shape index (κ1) is 13.8. The van der Waals surface area contributed by atoms with Crippen LogP contribution in [-0.2, 0) is 11.0 Å². The van der Waals surface area contributed by atoms with E-state index in [2.05, 4.69) is 0 Å². The number of primary amides is 1. The van der Waals surface area contributed by atoms with E-state index in [1.807, 2.05) is 0 Å². The van der Waals surface area contributed by atoms with E-state index < -0.39 is 17.6 Å². The normalized spacial score (nSPS) is 10.8. The maximum atomic E-state index is 12.8. The van der Waals surface area contributed by atoms with Gasteiger partial charge in [-0.1, -0.05) is 0 Å². The molecular formula is C11H10F3N3O. The van der Waals surface area contributed by atoms with Gasteiger partial charge in [0.1, 0.15) is 0 Å². The SMILES string of the molecule is CN(CC(N)=O)c1ccc(C#N)cc1C(F)(F)F. The molecule has 0 radical (unpaired) electrons. The molecule has 1 aromatic carbocycles. The Morgan fingerprint density at radius 3 is 2.56 bits per heavy atom. The zero-order chi connectivity index (χ0) is 13.9. The fraction of sp³-hybridized carbons (Fsp3) is 0.273. The fourth-order valence-corrected chi connectivity index (χ4v) is 1.48. The smallest absolute Gasteiger partial charge is 0.368 e. The first-order chi connectivity index (χ1) is 8.25. The quantitative estimate of drug-likeness (QED) is 0.892. The number of hydrogen-bond donors (Lipinski definition) is 1. The van der Waals surface area contributed by atoms with Crippen LogP contribution in [0.5, 0.6) is 0 Å². The first-order valence-corrected chi connectivity index (χ1v) is 4.86.